The highest BCUT2D eigenvalue weighted by Crippen LogP contribution is 2.18. The van der Waals surface area contributed by atoms with Crippen molar-refractivity contribution in [3.63, 3.8) is 0 Å². The van der Waals surface area contributed by atoms with Crippen molar-refractivity contribution in [2.24, 2.45) is 0 Å². The summed E-state index contributed by atoms with van der Waals surface area (Å²) in [6, 6.07) is 5.64. The van der Waals surface area contributed by atoms with Crippen LogP contribution in [-0.2, 0) is 0 Å². The van der Waals surface area contributed by atoms with Crippen LogP contribution in [-0.4, -0.2) is 9.55 Å². The van der Waals surface area contributed by atoms with Crippen LogP contribution in [0.1, 0.15) is 22.3 Å². The largest absolute Gasteiger partial charge is 0.332 e. The average molecular weight is 255 g/mol. The molecule has 0 bridgehead atoms. The van der Waals surface area contributed by atoms with E-state index in [-0.39, 0.29) is 5.56 Å². The Balaban J connectivity index is 2.84. The molecule has 1 N–H and O–H groups in total. The fourth-order valence-corrected chi connectivity index (χ4v) is 2.00. The van der Waals surface area contributed by atoms with Crippen LogP contribution in [0.15, 0.2) is 27.9 Å². The molecule has 1 aromatic carbocycles. The molecule has 0 saturated heterocycles. The zero-order chi connectivity index (χ0) is 14.2. The van der Waals surface area contributed by atoms with Crippen LogP contribution in [0.25, 0.3) is 5.69 Å². The van der Waals surface area contributed by atoms with E-state index in [0.29, 0.717) is 5.69 Å². The summed E-state index contributed by atoms with van der Waals surface area (Å²) in [6.07, 6.45) is 1.28. The van der Waals surface area contributed by atoms with Gasteiger partial charge in [0.1, 0.15) is 11.6 Å². The van der Waals surface area contributed by atoms with Gasteiger partial charge in [0, 0.05) is 6.20 Å². The molecule has 0 spiro atoms. The topological polar surface area (TPSA) is 78.7 Å². The van der Waals surface area contributed by atoms with E-state index in [9.17, 15) is 9.59 Å². The van der Waals surface area contributed by atoms with Crippen LogP contribution in [0.3, 0.4) is 0 Å². The zero-order valence-electron chi connectivity index (χ0n) is 10.9. The number of nitriles is 1. The van der Waals surface area contributed by atoms with Crippen molar-refractivity contribution in [3.05, 3.63) is 61.4 Å². The molecule has 0 atom stereocenters. The smallest absolute Gasteiger partial charge is 0.273 e. The SMILES string of the molecule is Cc1cc(C)c(C)c(-n2cc(C#N)c(=O)[nH]c2=O)c1. The maximum Gasteiger partial charge on any atom is 0.332 e. The fourth-order valence-electron chi connectivity index (χ4n) is 2.00. The summed E-state index contributed by atoms with van der Waals surface area (Å²) in [5.41, 5.74) is 2.38. The number of nitrogens with zero attached hydrogens (tertiary/aromatic N) is 2. The molecule has 2 rings (SSSR count). The molecular weight excluding hydrogens is 242 g/mol. The van der Waals surface area contributed by atoms with Crippen LogP contribution in [0.2, 0.25) is 0 Å². The van der Waals surface area contributed by atoms with E-state index < -0.39 is 11.2 Å². The third kappa shape index (κ3) is 2.20. The summed E-state index contributed by atoms with van der Waals surface area (Å²) in [7, 11) is 0. The maximum atomic E-state index is 11.9. The van der Waals surface area contributed by atoms with Crippen LogP contribution in [0.4, 0.5) is 0 Å². The molecule has 5 heteroatoms. The number of hydrogen-bond acceptors (Lipinski definition) is 3. The number of rotatable bonds is 1. The van der Waals surface area contributed by atoms with Gasteiger partial charge in [-0.3, -0.25) is 14.3 Å². The molecule has 0 fully saturated rings. The molecule has 0 aliphatic carbocycles. The Morgan fingerprint density at radius 2 is 1.89 bits per heavy atom. The van der Waals surface area contributed by atoms with E-state index >= 15 is 0 Å². The first-order valence-electron chi connectivity index (χ1n) is 5.78. The van der Waals surface area contributed by atoms with Crippen molar-refractivity contribution in [2.75, 3.05) is 0 Å². The second-order valence-electron chi connectivity index (χ2n) is 4.51. The van der Waals surface area contributed by atoms with Gasteiger partial charge in [-0.25, -0.2) is 4.79 Å². The minimum atomic E-state index is -0.661. The highest BCUT2D eigenvalue weighted by Gasteiger charge is 2.09. The number of aryl methyl sites for hydroxylation is 2. The van der Waals surface area contributed by atoms with E-state index in [1.165, 1.54) is 10.8 Å². The van der Waals surface area contributed by atoms with E-state index in [1.54, 1.807) is 6.07 Å². The van der Waals surface area contributed by atoms with Crippen LogP contribution in [0, 0.1) is 32.1 Å². The highest BCUT2D eigenvalue weighted by molar-refractivity contribution is 5.48. The van der Waals surface area contributed by atoms with Crippen molar-refractivity contribution >= 4 is 0 Å². The zero-order valence-corrected chi connectivity index (χ0v) is 10.9. The first-order valence-corrected chi connectivity index (χ1v) is 5.78. The summed E-state index contributed by atoms with van der Waals surface area (Å²) >= 11 is 0. The molecule has 1 heterocycles. The first-order chi connectivity index (χ1) is 8.93. The lowest BCUT2D eigenvalue weighted by molar-refractivity contribution is 0.880. The molecule has 19 heavy (non-hydrogen) atoms. The second-order valence-corrected chi connectivity index (χ2v) is 4.51. The van der Waals surface area contributed by atoms with Gasteiger partial charge in [-0.15, -0.1) is 0 Å². The maximum absolute atomic E-state index is 11.9. The van der Waals surface area contributed by atoms with Crippen molar-refractivity contribution in [1.82, 2.24) is 9.55 Å². The van der Waals surface area contributed by atoms with E-state index in [0.717, 1.165) is 16.7 Å². The van der Waals surface area contributed by atoms with Gasteiger partial charge in [0.15, 0.2) is 0 Å². The molecule has 0 amide bonds. The van der Waals surface area contributed by atoms with E-state index in [4.69, 9.17) is 5.26 Å². The number of aromatic nitrogens is 2. The minimum absolute atomic E-state index is 0.0850. The fraction of sp³-hybridized carbons (Fsp3) is 0.214. The van der Waals surface area contributed by atoms with Crippen molar-refractivity contribution in [2.45, 2.75) is 20.8 Å². The molecule has 0 radical (unpaired) electrons. The van der Waals surface area contributed by atoms with Gasteiger partial charge < -0.3 is 0 Å². The lowest BCUT2D eigenvalue weighted by Crippen LogP contribution is -2.30. The van der Waals surface area contributed by atoms with Crippen LogP contribution in [0.5, 0.6) is 0 Å². The second kappa shape index (κ2) is 4.58. The van der Waals surface area contributed by atoms with E-state index in [2.05, 4.69) is 4.98 Å². The third-order valence-corrected chi connectivity index (χ3v) is 3.11. The summed E-state index contributed by atoms with van der Waals surface area (Å²) < 4.78 is 1.30. The van der Waals surface area contributed by atoms with Crippen molar-refractivity contribution in [1.29, 1.82) is 5.26 Å². The Morgan fingerprint density at radius 1 is 1.21 bits per heavy atom. The minimum Gasteiger partial charge on any atom is -0.273 e. The molecule has 0 aliphatic heterocycles. The number of aromatic amines is 1. The predicted octanol–water partition coefficient (Wildman–Crippen LogP) is 1.32. The number of benzene rings is 1. The molecular formula is C14H13N3O2. The third-order valence-electron chi connectivity index (χ3n) is 3.11. The van der Waals surface area contributed by atoms with Gasteiger partial charge in [-0.2, -0.15) is 5.26 Å². The van der Waals surface area contributed by atoms with E-state index in [1.807, 2.05) is 32.9 Å². The molecule has 2 aromatic rings. The molecule has 0 saturated carbocycles. The Labute approximate surface area is 109 Å². The Bertz CT molecular complexity index is 807. The molecule has 0 aliphatic rings. The van der Waals surface area contributed by atoms with Gasteiger partial charge in [0.25, 0.3) is 5.56 Å². The monoisotopic (exact) mass is 255 g/mol. The molecule has 0 unspecified atom stereocenters. The lowest BCUT2D eigenvalue weighted by atomic mass is 10.0. The Hall–Kier alpha value is -2.61. The van der Waals surface area contributed by atoms with Gasteiger partial charge in [0.2, 0.25) is 0 Å². The van der Waals surface area contributed by atoms with Gasteiger partial charge in [-0.1, -0.05) is 6.07 Å². The molecule has 1 aromatic heterocycles. The average Bonchev–Trinajstić information content (AvgIpc) is 2.34. The Morgan fingerprint density at radius 3 is 2.53 bits per heavy atom. The highest BCUT2D eigenvalue weighted by atomic mass is 16.2. The molecule has 96 valence electrons. The number of hydrogen-bond donors (Lipinski definition) is 1. The predicted molar refractivity (Wildman–Crippen MR) is 71.6 cm³/mol. The number of nitrogens with one attached hydrogen (secondary N) is 1. The van der Waals surface area contributed by atoms with Crippen LogP contribution < -0.4 is 11.2 Å². The summed E-state index contributed by atoms with van der Waals surface area (Å²) in [5.74, 6) is 0. The summed E-state index contributed by atoms with van der Waals surface area (Å²) in [4.78, 5) is 25.4. The Kier molecular flexibility index (Phi) is 3.09. The quantitative estimate of drug-likeness (QED) is 0.834. The first kappa shape index (κ1) is 12.8. The lowest BCUT2D eigenvalue weighted by Gasteiger charge is -2.12. The standard InChI is InChI=1S/C14H13N3O2/c1-8-4-9(2)10(3)12(5-8)17-7-11(6-15)13(18)16-14(17)19/h4-5,7H,1-3H3,(H,16,18,19). The van der Waals surface area contributed by atoms with Crippen LogP contribution >= 0.6 is 0 Å². The van der Waals surface area contributed by atoms with Gasteiger partial charge >= 0.3 is 5.69 Å². The molecule has 5 nitrogen and oxygen atoms in total. The van der Waals surface area contributed by atoms with Gasteiger partial charge in [-0.05, 0) is 43.5 Å². The van der Waals surface area contributed by atoms with Crippen molar-refractivity contribution in [3.8, 4) is 11.8 Å². The normalized spacial score (nSPS) is 10.2. The number of H-pyrrole nitrogens is 1. The summed E-state index contributed by atoms with van der Waals surface area (Å²) in [5, 5.41) is 8.87. The van der Waals surface area contributed by atoms with Gasteiger partial charge in [0.05, 0.1) is 5.69 Å². The van der Waals surface area contributed by atoms with Crippen molar-refractivity contribution < 1.29 is 0 Å². The summed E-state index contributed by atoms with van der Waals surface area (Å²) in [6.45, 7) is 5.78.